The van der Waals surface area contributed by atoms with Crippen molar-refractivity contribution in [3.8, 4) is 11.5 Å². The summed E-state index contributed by atoms with van der Waals surface area (Å²) in [5.41, 5.74) is 2.93. The molecule has 3 amide bonds. The summed E-state index contributed by atoms with van der Waals surface area (Å²) >= 11 is 0. The van der Waals surface area contributed by atoms with Gasteiger partial charge in [0.15, 0.2) is 23.2 Å². The summed E-state index contributed by atoms with van der Waals surface area (Å²) in [6, 6.07) is 40.4. The van der Waals surface area contributed by atoms with Crippen LogP contribution in [0.15, 0.2) is 146 Å². The van der Waals surface area contributed by atoms with Gasteiger partial charge in [-0.1, -0.05) is 84.9 Å². The predicted molar refractivity (Wildman–Crippen MR) is 234 cm³/mol. The monoisotopic (exact) mass is 860 g/mol. The number of hydrogen-bond acceptors (Lipinski definition) is 12. The number of aromatic nitrogens is 4. The predicted octanol–water partition coefficient (Wildman–Crippen LogP) is 6.43. The third kappa shape index (κ3) is 7.86. The van der Waals surface area contributed by atoms with Crippen LogP contribution in [0.2, 0.25) is 0 Å². The van der Waals surface area contributed by atoms with Crippen LogP contribution < -0.4 is 14.8 Å². The second kappa shape index (κ2) is 18.2. The zero-order chi connectivity index (χ0) is 44.2. The Balaban J connectivity index is 1.03. The van der Waals surface area contributed by atoms with Crippen molar-refractivity contribution in [1.82, 2.24) is 24.4 Å². The fraction of sp³-hybridized carbons (Fsp3) is 0.224. The number of fused-ring (bicyclic) bond motifs is 2. The lowest BCUT2D eigenvalue weighted by molar-refractivity contribution is -0.0961. The highest BCUT2D eigenvalue weighted by Crippen LogP contribution is 2.43. The van der Waals surface area contributed by atoms with E-state index < -0.39 is 30.1 Å². The molecule has 4 atom stereocenters. The van der Waals surface area contributed by atoms with Gasteiger partial charge >= 0.3 is 0 Å². The maximum atomic E-state index is 13.2. The second-order valence-electron chi connectivity index (χ2n) is 15.2. The SMILES string of the molecule is COc1ccc(C(OC[C@H]2O[C@@H](n3cnc4c(NC(=O)c5ccccc5)ncnc43)[C@H](OCCCN3C(=O)c4ccccc4C3=O)[C@@H]2O)(c2ccccc2)c2ccc(OC)cc2)cc1. The number of amides is 3. The number of hydrogen-bond donors (Lipinski definition) is 2. The van der Waals surface area contributed by atoms with Gasteiger partial charge in [-0.2, -0.15) is 0 Å². The van der Waals surface area contributed by atoms with Gasteiger partial charge in [-0.15, -0.1) is 0 Å². The number of ether oxygens (including phenoxy) is 5. The van der Waals surface area contributed by atoms with Crippen molar-refractivity contribution in [2.24, 2.45) is 0 Å². The van der Waals surface area contributed by atoms with Gasteiger partial charge < -0.3 is 34.1 Å². The van der Waals surface area contributed by atoms with Gasteiger partial charge in [-0.25, -0.2) is 15.0 Å². The van der Waals surface area contributed by atoms with Crippen LogP contribution in [-0.2, 0) is 19.8 Å². The van der Waals surface area contributed by atoms with Gasteiger partial charge in [0.25, 0.3) is 17.7 Å². The standard InChI is InChI=1S/C49H44N6O9/c1-60-35-22-18-33(19-23-35)49(32-14-7-4-8-15-32,34-20-24-36(61-2)25-21-34)63-28-39-41(56)42(62-27-11-26-54-46(58)37-16-9-10-17-38(37)47(54)59)48(64-39)55-30-52-40-43(50-29-51-44(40)55)53-45(57)31-12-5-3-6-13-31/h3-10,12-25,29-30,39,41-42,48,56H,11,26-28H2,1-2H3,(H,50,51,53,57)/t39-,41-,42-,48-/m1/s1. The van der Waals surface area contributed by atoms with Crippen molar-refractivity contribution in [2.75, 3.05) is 39.3 Å². The Kier molecular flexibility index (Phi) is 11.9. The van der Waals surface area contributed by atoms with Gasteiger partial charge in [0.05, 0.1) is 38.3 Å². The molecule has 1 fully saturated rings. The van der Waals surface area contributed by atoms with Crippen molar-refractivity contribution in [3.63, 3.8) is 0 Å². The molecule has 2 aromatic heterocycles. The lowest BCUT2D eigenvalue weighted by Gasteiger charge is -2.37. The minimum atomic E-state index is -1.26. The van der Waals surface area contributed by atoms with Crippen molar-refractivity contribution in [1.29, 1.82) is 0 Å². The molecular weight excluding hydrogens is 817 g/mol. The number of rotatable bonds is 16. The minimum absolute atomic E-state index is 0.0498. The van der Waals surface area contributed by atoms with Gasteiger partial charge in [0.1, 0.15) is 41.7 Å². The van der Waals surface area contributed by atoms with E-state index in [1.807, 2.05) is 84.9 Å². The van der Waals surface area contributed by atoms with Crippen LogP contribution in [0.25, 0.3) is 11.2 Å². The number of aliphatic hydroxyl groups excluding tert-OH is 1. The first-order valence-electron chi connectivity index (χ1n) is 20.7. The van der Waals surface area contributed by atoms with E-state index in [4.69, 9.17) is 23.7 Å². The number of imide groups is 1. The van der Waals surface area contributed by atoms with Crippen molar-refractivity contribution in [3.05, 3.63) is 179 Å². The molecular formula is C49H44N6O9. The summed E-state index contributed by atoms with van der Waals surface area (Å²) in [6.45, 7) is 0.0238. The number of imidazole rings is 1. The molecule has 7 aromatic rings. The Morgan fingerprint density at radius 1 is 0.750 bits per heavy atom. The van der Waals surface area contributed by atoms with E-state index >= 15 is 0 Å². The second-order valence-corrected chi connectivity index (χ2v) is 15.2. The van der Waals surface area contributed by atoms with Crippen LogP contribution >= 0.6 is 0 Å². The number of carbonyl (C=O) groups is 3. The van der Waals surface area contributed by atoms with E-state index in [1.165, 1.54) is 17.6 Å². The van der Waals surface area contributed by atoms with Gasteiger partial charge in [0.2, 0.25) is 0 Å². The summed E-state index contributed by atoms with van der Waals surface area (Å²) in [4.78, 5) is 54.0. The molecule has 9 rings (SSSR count). The van der Waals surface area contributed by atoms with Crippen molar-refractivity contribution >= 4 is 34.7 Å². The van der Waals surface area contributed by atoms with Gasteiger partial charge in [-0.05, 0) is 71.6 Å². The van der Waals surface area contributed by atoms with Gasteiger partial charge in [0, 0.05) is 18.7 Å². The highest BCUT2D eigenvalue weighted by molar-refractivity contribution is 6.21. The van der Waals surface area contributed by atoms with Crippen LogP contribution in [-0.4, -0.2) is 99.5 Å². The fourth-order valence-corrected chi connectivity index (χ4v) is 8.32. The Morgan fingerprint density at radius 3 is 1.94 bits per heavy atom. The lowest BCUT2D eigenvalue weighted by Crippen LogP contribution is -2.40. The van der Waals surface area contributed by atoms with E-state index in [9.17, 15) is 19.5 Å². The normalized spacial score (nSPS) is 18.3. The summed E-state index contributed by atoms with van der Waals surface area (Å²) < 4.78 is 33.0. The quantitative estimate of drug-likeness (QED) is 0.0620. The van der Waals surface area contributed by atoms with E-state index in [1.54, 1.807) is 67.3 Å². The average molecular weight is 861 g/mol. The largest absolute Gasteiger partial charge is 0.497 e. The maximum Gasteiger partial charge on any atom is 0.261 e. The molecule has 2 aliphatic rings. The molecule has 2 aliphatic heterocycles. The number of nitrogens with zero attached hydrogens (tertiary/aromatic N) is 5. The van der Waals surface area contributed by atoms with Crippen LogP contribution in [0.1, 0.15) is 60.4 Å². The molecule has 2 N–H and O–H groups in total. The molecule has 0 unspecified atom stereocenters. The van der Waals surface area contributed by atoms with E-state index in [2.05, 4.69) is 20.3 Å². The summed E-state index contributed by atoms with van der Waals surface area (Å²) in [5.74, 6) is 0.404. The number of benzene rings is 5. The third-order valence-corrected chi connectivity index (χ3v) is 11.6. The first-order valence-corrected chi connectivity index (χ1v) is 20.7. The Hall–Kier alpha value is -7.30. The molecule has 0 saturated carbocycles. The number of methoxy groups -OCH3 is 2. The van der Waals surface area contributed by atoms with Crippen molar-refractivity contribution < 1.29 is 43.2 Å². The molecule has 15 heteroatoms. The van der Waals surface area contributed by atoms with E-state index in [0.717, 1.165) is 16.7 Å². The van der Waals surface area contributed by atoms with E-state index in [0.29, 0.717) is 33.8 Å². The van der Waals surface area contributed by atoms with Crippen LogP contribution in [0.4, 0.5) is 5.82 Å². The Labute approximate surface area is 368 Å². The molecule has 0 bridgehead atoms. The highest BCUT2D eigenvalue weighted by atomic mass is 16.6. The summed E-state index contributed by atoms with van der Waals surface area (Å²) in [7, 11) is 3.21. The molecule has 5 aromatic carbocycles. The van der Waals surface area contributed by atoms with Crippen LogP contribution in [0.5, 0.6) is 11.5 Å². The number of carbonyl (C=O) groups excluding carboxylic acids is 3. The summed E-state index contributed by atoms with van der Waals surface area (Å²) in [6.07, 6.45) is -1.17. The maximum absolute atomic E-state index is 13.2. The molecule has 0 radical (unpaired) electrons. The molecule has 4 heterocycles. The molecule has 64 heavy (non-hydrogen) atoms. The van der Waals surface area contributed by atoms with Gasteiger partial charge in [-0.3, -0.25) is 23.9 Å². The smallest absolute Gasteiger partial charge is 0.261 e. The Bertz CT molecular complexity index is 2690. The topological polar surface area (TPSA) is 176 Å². The molecule has 324 valence electrons. The minimum Gasteiger partial charge on any atom is -0.497 e. The first-order chi connectivity index (χ1) is 31.3. The lowest BCUT2D eigenvalue weighted by atomic mass is 9.80. The summed E-state index contributed by atoms with van der Waals surface area (Å²) in [5, 5.41) is 15.1. The zero-order valence-corrected chi connectivity index (χ0v) is 34.9. The Morgan fingerprint density at radius 2 is 1.33 bits per heavy atom. The number of aliphatic hydroxyl groups is 1. The molecule has 15 nitrogen and oxygen atoms in total. The average Bonchev–Trinajstić information content (AvgIpc) is 3.99. The molecule has 1 saturated heterocycles. The van der Waals surface area contributed by atoms with Crippen LogP contribution in [0.3, 0.4) is 0 Å². The zero-order valence-electron chi connectivity index (χ0n) is 34.9. The number of anilines is 1. The molecule has 0 spiro atoms. The number of nitrogens with one attached hydrogen (secondary N) is 1. The van der Waals surface area contributed by atoms with Crippen molar-refractivity contribution in [2.45, 2.75) is 36.6 Å². The molecule has 0 aliphatic carbocycles. The first kappa shape index (κ1) is 42.0. The highest BCUT2D eigenvalue weighted by Gasteiger charge is 2.48. The van der Waals surface area contributed by atoms with Crippen LogP contribution in [0, 0.1) is 0 Å². The third-order valence-electron chi connectivity index (χ3n) is 11.6. The fourth-order valence-electron chi connectivity index (χ4n) is 8.32. The van der Waals surface area contributed by atoms with E-state index in [-0.39, 0.29) is 55.2 Å².